The van der Waals surface area contributed by atoms with Gasteiger partial charge in [0.1, 0.15) is 0 Å². The van der Waals surface area contributed by atoms with Crippen LogP contribution in [0.2, 0.25) is 0 Å². The van der Waals surface area contributed by atoms with Crippen LogP contribution in [0.15, 0.2) is 41.5 Å². The molecule has 1 unspecified atom stereocenters. The average Bonchev–Trinajstić information content (AvgIpc) is 3.11. The van der Waals surface area contributed by atoms with E-state index in [-0.39, 0.29) is 11.6 Å². The molecule has 0 radical (unpaired) electrons. The Hall–Kier alpha value is -2.34. The highest BCUT2D eigenvalue weighted by Gasteiger charge is 2.17. The highest BCUT2D eigenvalue weighted by atomic mass is 16.2. The second kappa shape index (κ2) is 5.97. The topological polar surface area (TPSA) is 78.9 Å². The first-order chi connectivity index (χ1) is 10.2. The molecule has 1 aromatic carbocycles. The Morgan fingerprint density at radius 2 is 2.14 bits per heavy atom. The van der Waals surface area contributed by atoms with Crippen molar-refractivity contribution in [2.45, 2.75) is 12.8 Å². The lowest BCUT2D eigenvalue weighted by Crippen LogP contribution is -2.18. The Labute approximate surface area is 122 Å². The van der Waals surface area contributed by atoms with Crippen LogP contribution >= 0.6 is 0 Å². The van der Waals surface area contributed by atoms with Crippen LogP contribution < -0.4 is 16.3 Å². The molecule has 21 heavy (non-hydrogen) atoms. The lowest BCUT2D eigenvalue weighted by molar-refractivity contribution is -0.116. The first-order valence-electron chi connectivity index (χ1n) is 7.09. The number of anilines is 1. The van der Waals surface area contributed by atoms with E-state index < -0.39 is 0 Å². The molecule has 1 aliphatic rings. The van der Waals surface area contributed by atoms with E-state index in [2.05, 4.69) is 15.6 Å². The second-order valence-corrected chi connectivity index (χ2v) is 5.29. The largest absolute Gasteiger partial charge is 0.330 e. The summed E-state index contributed by atoms with van der Waals surface area (Å²) >= 11 is 0. The van der Waals surface area contributed by atoms with Crippen molar-refractivity contribution in [3.05, 3.63) is 47.1 Å². The molecule has 1 atom stereocenters. The lowest BCUT2D eigenvalue weighted by atomic mass is 10.0. The minimum atomic E-state index is -0.180. The number of carbonyl (C=O) groups is 1. The average molecular weight is 286 g/mol. The summed E-state index contributed by atoms with van der Waals surface area (Å²) in [6.07, 6.45) is 4.87. The minimum Gasteiger partial charge on any atom is -0.326 e. The number of carbonyl (C=O) groups excluding carboxylic acids is 1. The van der Waals surface area contributed by atoms with E-state index in [1.165, 1.54) is 4.57 Å². The van der Waals surface area contributed by atoms with Crippen molar-refractivity contribution in [1.82, 2.24) is 14.9 Å². The molecular formula is C15H18N4O2. The van der Waals surface area contributed by atoms with Crippen LogP contribution in [0.25, 0.3) is 5.69 Å². The van der Waals surface area contributed by atoms with Gasteiger partial charge >= 0.3 is 5.69 Å². The third kappa shape index (κ3) is 3.22. The molecule has 2 aromatic rings. The van der Waals surface area contributed by atoms with Crippen LogP contribution in [0.1, 0.15) is 12.8 Å². The molecule has 6 nitrogen and oxygen atoms in total. The molecule has 3 N–H and O–H groups in total. The third-order valence-corrected chi connectivity index (χ3v) is 3.71. The summed E-state index contributed by atoms with van der Waals surface area (Å²) in [5.74, 6) is 0.470. The summed E-state index contributed by atoms with van der Waals surface area (Å²) in [4.78, 5) is 26.0. The molecule has 0 aliphatic carbocycles. The first-order valence-corrected chi connectivity index (χ1v) is 7.09. The fourth-order valence-electron chi connectivity index (χ4n) is 2.59. The number of benzene rings is 1. The maximum atomic E-state index is 11.9. The maximum Gasteiger partial charge on any atom is 0.330 e. The molecular weight excluding hydrogens is 268 g/mol. The summed E-state index contributed by atoms with van der Waals surface area (Å²) in [6.45, 7) is 1.92. The molecule has 1 amide bonds. The Balaban J connectivity index is 1.63. The zero-order chi connectivity index (χ0) is 14.7. The molecule has 0 saturated carbocycles. The highest BCUT2D eigenvalue weighted by molar-refractivity contribution is 5.90. The van der Waals surface area contributed by atoms with Gasteiger partial charge in [-0.3, -0.25) is 9.36 Å². The van der Waals surface area contributed by atoms with Gasteiger partial charge in [-0.25, -0.2) is 4.79 Å². The molecule has 1 saturated heterocycles. The van der Waals surface area contributed by atoms with Crippen LogP contribution in [0, 0.1) is 5.92 Å². The standard InChI is InChI=1S/C15H18N4O2/c20-14(9-11-5-6-16-10-11)18-12-1-3-13(4-2-12)19-8-7-17-15(19)21/h1-4,7-8,11,16H,5-6,9-10H2,(H,17,21)(H,18,20). The van der Waals surface area contributed by atoms with Gasteiger partial charge in [0.2, 0.25) is 5.91 Å². The van der Waals surface area contributed by atoms with Crippen LogP contribution in [0.5, 0.6) is 0 Å². The summed E-state index contributed by atoms with van der Waals surface area (Å²) in [5.41, 5.74) is 1.33. The molecule has 110 valence electrons. The predicted octanol–water partition coefficient (Wildman–Crippen LogP) is 1.10. The van der Waals surface area contributed by atoms with Crippen LogP contribution in [0.4, 0.5) is 5.69 Å². The van der Waals surface area contributed by atoms with Crippen molar-refractivity contribution >= 4 is 11.6 Å². The van der Waals surface area contributed by atoms with Crippen molar-refractivity contribution in [2.75, 3.05) is 18.4 Å². The van der Waals surface area contributed by atoms with Crippen molar-refractivity contribution < 1.29 is 4.79 Å². The normalized spacial score (nSPS) is 17.8. The van der Waals surface area contributed by atoms with Gasteiger partial charge in [-0.1, -0.05) is 0 Å². The monoisotopic (exact) mass is 286 g/mol. The third-order valence-electron chi connectivity index (χ3n) is 3.71. The van der Waals surface area contributed by atoms with E-state index >= 15 is 0 Å². The quantitative estimate of drug-likeness (QED) is 0.787. The number of amides is 1. The Bertz CT molecular complexity index is 665. The fourth-order valence-corrected chi connectivity index (χ4v) is 2.59. The van der Waals surface area contributed by atoms with E-state index in [1.54, 1.807) is 24.5 Å². The number of hydrogen-bond donors (Lipinski definition) is 3. The number of aromatic amines is 1. The minimum absolute atomic E-state index is 0.0373. The second-order valence-electron chi connectivity index (χ2n) is 5.29. The van der Waals surface area contributed by atoms with E-state index in [1.807, 2.05) is 12.1 Å². The van der Waals surface area contributed by atoms with Crippen molar-refractivity contribution in [3.8, 4) is 5.69 Å². The van der Waals surface area contributed by atoms with Gasteiger partial charge in [0.25, 0.3) is 0 Å². The number of aromatic nitrogens is 2. The number of nitrogens with zero attached hydrogens (tertiary/aromatic N) is 1. The van der Waals surface area contributed by atoms with Gasteiger partial charge in [-0.05, 0) is 49.7 Å². The Kier molecular flexibility index (Phi) is 3.87. The van der Waals surface area contributed by atoms with E-state index in [9.17, 15) is 9.59 Å². The van der Waals surface area contributed by atoms with Gasteiger partial charge in [0.05, 0.1) is 5.69 Å². The summed E-state index contributed by atoms with van der Waals surface area (Å²) in [6, 6.07) is 7.23. The van der Waals surface area contributed by atoms with Gasteiger partial charge in [-0.2, -0.15) is 0 Å². The number of hydrogen-bond acceptors (Lipinski definition) is 3. The van der Waals surface area contributed by atoms with Crippen molar-refractivity contribution in [1.29, 1.82) is 0 Å². The van der Waals surface area contributed by atoms with Crippen LogP contribution in [-0.2, 0) is 4.79 Å². The highest BCUT2D eigenvalue weighted by Crippen LogP contribution is 2.15. The SMILES string of the molecule is O=C(CC1CCNC1)Nc1ccc(-n2cc[nH]c2=O)cc1. The van der Waals surface area contributed by atoms with Crippen molar-refractivity contribution in [3.63, 3.8) is 0 Å². The van der Waals surface area contributed by atoms with Gasteiger partial charge in [0, 0.05) is 24.5 Å². The van der Waals surface area contributed by atoms with Crippen LogP contribution in [-0.4, -0.2) is 28.5 Å². The van der Waals surface area contributed by atoms with Gasteiger partial charge in [0.15, 0.2) is 0 Å². The summed E-state index contributed by atoms with van der Waals surface area (Å²) in [7, 11) is 0. The molecule has 6 heteroatoms. The van der Waals surface area contributed by atoms with E-state index in [0.717, 1.165) is 30.9 Å². The number of H-pyrrole nitrogens is 1. The molecule has 0 bridgehead atoms. The molecule has 1 aromatic heterocycles. The Morgan fingerprint density at radius 3 is 2.76 bits per heavy atom. The molecule has 1 fully saturated rings. The zero-order valence-corrected chi connectivity index (χ0v) is 11.6. The smallest absolute Gasteiger partial charge is 0.326 e. The molecule has 3 rings (SSSR count). The number of imidazole rings is 1. The molecule has 1 aliphatic heterocycles. The fraction of sp³-hybridized carbons (Fsp3) is 0.333. The number of nitrogens with one attached hydrogen (secondary N) is 3. The summed E-state index contributed by atoms with van der Waals surface area (Å²) < 4.78 is 1.51. The maximum absolute atomic E-state index is 11.9. The predicted molar refractivity (Wildman–Crippen MR) is 80.6 cm³/mol. The zero-order valence-electron chi connectivity index (χ0n) is 11.6. The van der Waals surface area contributed by atoms with Gasteiger partial charge in [-0.15, -0.1) is 0 Å². The van der Waals surface area contributed by atoms with Crippen LogP contribution in [0.3, 0.4) is 0 Å². The molecule has 2 heterocycles. The van der Waals surface area contributed by atoms with E-state index in [4.69, 9.17) is 0 Å². The molecule has 0 spiro atoms. The van der Waals surface area contributed by atoms with E-state index in [0.29, 0.717) is 12.3 Å². The number of rotatable bonds is 4. The Morgan fingerprint density at radius 1 is 1.33 bits per heavy atom. The first kappa shape index (κ1) is 13.6. The lowest BCUT2D eigenvalue weighted by Gasteiger charge is -2.09. The van der Waals surface area contributed by atoms with Crippen molar-refractivity contribution in [2.24, 2.45) is 5.92 Å². The summed E-state index contributed by atoms with van der Waals surface area (Å²) in [5, 5.41) is 6.15. The van der Waals surface area contributed by atoms with Gasteiger partial charge < -0.3 is 15.6 Å².